The maximum absolute atomic E-state index is 12.8. The molecule has 0 saturated carbocycles. The smallest absolute Gasteiger partial charge is 0.305 e. The van der Waals surface area contributed by atoms with Crippen molar-refractivity contribution < 1.29 is 24.2 Å². The third-order valence-corrected chi connectivity index (χ3v) is 6.33. The highest BCUT2D eigenvalue weighted by Crippen LogP contribution is 2.33. The highest BCUT2D eigenvalue weighted by atomic mass is 32.2. The summed E-state index contributed by atoms with van der Waals surface area (Å²) in [5.74, 6) is 0.210. The maximum atomic E-state index is 12.8. The van der Waals surface area contributed by atoms with Crippen LogP contribution >= 0.6 is 24.0 Å². The Morgan fingerprint density at radius 1 is 1.03 bits per heavy atom. The van der Waals surface area contributed by atoms with Crippen LogP contribution in [0.3, 0.4) is 0 Å². The van der Waals surface area contributed by atoms with Crippen LogP contribution in [-0.4, -0.2) is 45.2 Å². The SMILES string of the molecule is O=C(O)CCNC(=O)CCCCCN1C(=O)/C(=C/c2cccc(Oc3ccccc3)c2)SC1=S. The van der Waals surface area contributed by atoms with Crippen molar-refractivity contribution >= 4 is 52.2 Å². The number of hydrogen-bond acceptors (Lipinski definition) is 6. The molecule has 3 rings (SSSR count). The van der Waals surface area contributed by atoms with Crippen molar-refractivity contribution in [2.75, 3.05) is 13.1 Å². The molecule has 2 amide bonds. The van der Waals surface area contributed by atoms with E-state index in [1.54, 1.807) is 4.90 Å². The summed E-state index contributed by atoms with van der Waals surface area (Å²) in [6, 6.07) is 17.0. The lowest BCUT2D eigenvalue weighted by atomic mass is 10.1. The van der Waals surface area contributed by atoms with Crippen molar-refractivity contribution in [2.24, 2.45) is 0 Å². The summed E-state index contributed by atoms with van der Waals surface area (Å²) >= 11 is 6.68. The Labute approximate surface area is 208 Å². The highest BCUT2D eigenvalue weighted by molar-refractivity contribution is 8.26. The van der Waals surface area contributed by atoms with Crippen LogP contribution < -0.4 is 10.1 Å². The minimum Gasteiger partial charge on any atom is -0.481 e. The third kappa shape index (κ3) is 8.00. The zero-order valence-corrected chi connectivity index (χ0v) is 20.2. The topological polar surface area (TPSA) is 95.9 Å². The van der Waals surface area contributed by atoms with Gasteiger partial charge in [-0.3, -0.25) is 19.3 Å². The van der Waals surface area contributed by atoms with Crippen molar-refractivity contribution in [3.05, 3.63) is 65.1 Å². The number of carboxylic acids is 1. The zero-order chi connectivity index (χ0) is 24.3. The minimum atomic E-state index is -0.939. The number of unbranched alkanes of at least 4 members (excludes halogenated alkanes) is 2. The summed E-state index contributed by atoms with van der Waals surface area (Å²) in [5.41, 5.74) is 0.850. The van der Waals surface area contributed by atoms with E-state index in [4.69, 9.17) is 22.1 Å². The number of thioether (sulfide) groups is 1. The van der Waals surface area contributed by atoms with E-state index in [-0.39, 0.29) is 24.8 Å². The number of nitrogens with one attached hydrogen (secondary N) is 1. The van der Waals surface area contributed by atoms with Gasteiger partial charge in [0.1, 0.15) is 15.8 Å². The number of amides is 2. The standard InChI is InChI=1S/C25H26N2O5S2/c28-22(26-14-13-23(29)30)12-5-2-6-15-27-24(31)21(34-25(27)33)17-18-8-7-11-20(16-18)32-19-9-3-1-4-10-19/h1,3-4,7-11,16-17H,2,5-6,12-15H2,(H,26,28)(H,29,30)/b21-17-. The summed E-state index contributed by atoms with van der Waals surface area (Å²) in [6.07, 6.45) is 4.22. The highest BCUT2D eigenvalue weighted by Gasteiger charge is 2.31. The van der Waals surface area contributed by atoms with Gasteiger partial charge in [0.25, 0.3) is 5.91 Å². The van der Waals surface area contributed by atoms with E-state index in [9.17, 15) is 14.4 Å². The number of carbonyl (C=O) groups is 3. The molecular formula is C25H26N2O5S2. The van der Waals surface area contributed by atoms with Crippen LogP contribution in [0.1, 0.15) is 37.7 Å². The van der Waals surface area contributed by atoms with Gasteiger partial charge in [-0.2, -0.15) is 0 Å². The molecule has 0 radical (unpaired) electrons. The monoisotopic (exact) mass is 498 g/mol. The Hall–Kier alpha value is -3.17. The predicted octanol–water partition coefficient (Wildman–Crippen LogP) is 4.83. The van der Waals surface area contributed by atoms with E-state index in [2.05, 4.69) is 5.32 Å². The number of nitrogens with zero attached hydrogens (tertiary/aromatic N) is 1. The largest absolute Gasteiger partial charge is 0.481 e. The lowest BCUT2D eigenvalue weighted by Gasteiger charge is -2.14. The number of hydrogen-bond donors (Lipinski definition) is 2. The van der Waals surface area contributed by atoms with Crippen LogP contribution in [0.2, 0.25) is 0 Å². The van der Waals surface area contributed by atoms with Crippen LogP contribution in [0, 0.1) is 0 Å². The van der Waals surface area contributed by atoms with E-state index in [1.807, 2.05) is 60.7 Å². The van der Waals surface area contributed by atoms with Crippen LogP contribution in [0.4, 0.5) is 0 Å². The Kier molecular flexibility index (Phi) is 9.66. The van der Waals surface area contributed by atoms with Crippen molar-refractivity contribution in [2.45, 2.75) is 32.1 Å². The summed E-state index contributed by atoms with van der Waals surface area (Å²) in [4.78, 5) is 37.2. The van der Waals surface area contributed by atoms with E-state index < -0.39 is 5.97 Å². The molecule has 0 aliphatic carbocycles. The lowest BCUT2D eigenvalue weighted by molar-refractivity contribution is -0.137. The van der Waals surface area contributed by atoms with Gasteiger partial charge in [-0.05, 0) is 48.7 Å². The predicted molar refractivity (Wildman–Crippen MR) is 137 cm³/mol. The molecule has 1 fully saturated rings. The third-order valence-electron chi connectivity index (χ3n) is 4.95. The molecule has 2 aromatic rings. The molecule has 0 unspecified atom stereocenters. The van der Waals surface area contributed by atoms with Gasteiger partial charge in [0.2, 0.25) is 5.91 Å². The van der Waals surface area contributed by atoms with E-state index in [1.165, 1.54) is 11.8 Å². The zero-order valence-electron chi connectivity index (χ0n) is 18.6. The number of aliphatic carboxylic acids is 1. The summed E-state index contributed by atoms with van der Waals surface area (Å²) in [5, 5.41) is 11.2. The molecule has 34 heavy (non-hydrogen) atoms. The summed E-state index contributed by atoms with van der Waals surface area (Å²) in [6.45, 7) is 0.637. The Morgan fingerprint density at radius 2 is 1.79 bits per heavy atom. The number of rotatable bonds is 12. The number of para-hydroxylation sites is 1. The van der Waals surface area contributed by atoms with E-state index in [0.29, 0.717) is 34.4 Å². The van der Waals surface area contributed by atoms with Gasteiger partial charge in [-0.25, -0.2) is 0 Å². The average molecular weight is 499 g/mol. The van der Waals surface area contributed by atoms with Crippen LogP contribution in [0.25, 0.3) is 6.08 Å². The first kappa shape index (κ1) is 25.5. The van der Waals surface area contributed by atoms with Crippen LogP contribution in [-0.2, 0) is 14.4 Å². The molecule has 7 nitrogen and oxygen atoms in total. The van der Waals surface area contributed by atoms with Crippen molar-refractivity contribution in [1.82, 2.24) is 10.2 Å². The Morgan fingerprint density at radius 3 is 2.56 bits per heavy atom. The molecule has 2 aromatic carbocycles. The van der Waals surface area contributed by atoms with Crippen molar-refractivity contribution in [3.8, 4) is 11.5 Å². The first-order chi connectivity index (χ1) is 16.4. The second-order valence-electron chi connectivity index (χ2n) is 7.63. The number of carboxylic acid groups (broad SMARTS) is 1. The van der Waals surface area contributed by atoms with Crippen molar-refractivity contribution in [3.63, 3.8) is 0 Å². The fourth-order valence-electron chi connectivity index (χ4n) is 3.27. The van der Waals surface area contributed by atoms with Gasteiger partial charge in [0, 0.05) is 19.5 Å². The molecule has 1 saturated heterocycles. The molecule has 9 heteroatoms. The molecule has 178 valence electrons. The second-order valence-corrected chi connectivity index (χ2v) is 9.30. The maximum Gasteiger partial charge on any atom is 0.305 e. The Bertz CT molecular complexity index is 1070. The van der Waals surface area contributed by atoms with Gasteiger partial charge in [0.05, 0.1) is 11.3 Å². The summed E-state index contributed by atoms with van der Waals surface area (Å²) < 4.78 is 6.39. The second kappa shape index (κ2) is 12.9. The molecule has 0 bridgehead atoms. The molecule has 1 aliphatic rings. The van der Waals surface area contributed by atoms with Crippen LogP contribution in [0.5, 0.6) is 11.5 Å². The van der Waals surface area contributed by atoms with E-state index >= 15 is 0 Å². The summed E-state index contributed by atoms with van der Waals surface area (Å²) in [7, 11) is 0. The minimum absolute atomic E-state index is 0.0852. The molecule has 0 aromatic heterocycles. The fourth-order valence-corrected chi connectivity index (χ4v) is 4.57. The van der Waals surface area contributed by atoms with Crippen molar-refractivity contribution in [1.29, 1.82) is 0 Å². The molecular weight excluding hydrogens is 472 g/mol. The quantitative estimate of drug-likeness (QED) is 0.246. The molecule has 0 atom stereocenters. The van der Waals surface area contributed by atoms with Gasteiger partial charge >= 0.3 is 5.97 Å². The molecule has 0 spiro atoms. The number of ether oxygens (including phenoxy) is 1. The molecule has 2 N–H and O–H groups in total. The normalized spacial score (nSPS) is 14.5. The van der Waals surface area contributed by atoms with Crippen LogP contribution in [0.15, 0.2) is 59.5 Å². The number of benzene rings is 2. The van der Waals surface area contributed by atoms with Gasteiger partial charge in [-0.1, -0.05) is 60.7 Å². The first-order valence-electron chi connectivity index (χ1n) is 11.0. The average Bonchev–Trinajstić information content (AvgIpc) is 3.06. The first-order valence-corrected chi connectivity index (χ1v) is 12.2. The number of thiocarbonyl (C=S) groups is 1. The van der Waals surface area contributed by atoms with Gasteiger partial charge in [0.15, 0.2) is 0 Å². The Balaban J connectivity index is 1.46. The molecule has 1 heterocycles. The molecule has 1 aliphatic heterocycles. The number of carbonyl (C=O) groups excluding carboxylic acids is 2. The van der Waals surface area contributed by atoms with Gasteiger partial charge in [-0.15, -0.1) is 0 Å². The van der Waals surface area contributed by atoms with Gasteiger partial charge < -0.3 is 15.2 Å². The van der Waals surface area contributed by atoms with E-state index in [0.717, 1.165) is 24.2 Å². The fraction of sp³-hybridized carbons (Fsp3) is 0.280. The lowest BCUT2D eigenvalue weighted by Crippen LogP contribution is -2.29.